The van der Waals surface area contributed by atoms with Crippen LogP contribution in [0.4, 0.5) is 11.4 Å². The first kappa shape index (κ1) is 16.8. The highest BCUT2D eigenvalue weighted by atomic mass is 79.9. The number of aromatic hydroxyl groups is 1. The van der Waals surface area contributed by atoms with Crippen molar-refractivity contribution in [2.45, 2.75) is 6.92 Å². The fraction of sp³-hybridized carbons (Fsp3) is 0.214. The van der Waals surface area contributed by atoms with E-state index >= 15 is 0 Å². The van der Waals surface area contributed by atoms with Gasteiger partial charge in [-0.1, -0.05) is 6.07 Å². The third-order valence-electron chi connectivity index (χ3n) is 3.21. The summed E-state index contributed by atoms with van der Waals surface area (Å²) in [4.78, 5) is 36.9. The number of phenolic OH excluding ortho intramolecular Hbond substituents is 1. The van der Waals surface area contributed by atoms with Crippen molar-refractivity contribution in [3.63, 3.8) is 0 Å². The van der Waals surface area contributed by atoms with E-state index in [0.717, 1.165) is 0 Å². The molecule has 0 spiro atoms. The van der Waals surface area contributed by atoms with Gasteiger partial charge in [0.15, 0.2) is 5.75 Å². The average Bonchev–Trinajstić information content (AvgIpc) is 2.50. The number of phenols is 1. The Morgan fingerprint density at radius 3 is 2.39 bits per heavy atom. The number of H-pyrrole nitrogens is 2. The quantitative estimate of drug-likeness (QED) is 0.596. The summed E-state index contributed by atoms with van der Waals surface area (Å²) in [6.07, 6.45) is 0. The highest BCUT2D eigenvalue weighted by Crippen LogP contribution is 2.34. The van der Waals surface area contributed by atoms with Crippen molar-refractivity contribution in [3.05, 3.63) is 48.4 Å². The molecular weight excluding hydrogens is 368 g/mol. The second-order valence-corrected chi connectivity index (χ2v) is 5.87. The minimum atomic E-state index is -0.584. The number of halogens is 1. The summed E-state index contributed by atoms with van der Waals surface area (Å²) in [6, 6.07) is 3.13. The van der Waals surface area contributed by atoms with Crippen molar-refractivity contribution < 1.29 is 9.90 Å². The molecule has 0 bridgehead atoms. The van der Waals surface area contributed by atoms with Crippen LogP contribution in [-0.4, -0.2) is 40.2 Å². The average molecular weight is 383 g/mol. The molecule has 1 heterocycles. The minimum Gasteiger partial charge on any atom is -0.505 e. The highest BCUT2D eigenvalue weighted by Gasteiger charge is 2.19. The summed E-state index contributed by atoms with van der Waals surface area (Å²) in [6.45, 7) is 1.70. The van der Waals surface area contributed by atoms with E-state index in [-0.39, 0.29) is 33.1 Å². The van der Waals surface area contributed by atoms with Crippen LogP contribution in [-0.2, 0) is 0 Å². The molecule has 0 atom stereocenters. The van der Waals surface area contributed by atoms with E-state index in [1.165, 1.54) is 11.0 Å². The zero-order valence-corrected chi connectivity index (χ0v) is 14.2. The van der Waals surface area contributed by atoms with Gasteiger partial charge >= 0.3 is 0 Å². The molecule has 23 heavy (non-hydrogen) atoms. The Morgan fingerprint density at radius 1 is 1.17 bits per heavy atom. The number of benzene rings is 1. The molecule has 8 nitrogen and oxygen atoms in total. The molecule has 0 fully saturated rings. The van der Waals surface area contributed by atoms with E-state index in [4.69, 9.17) is 0 Å². The normalized spacial score (nSPS) is 10.4. The first-order valence-electron chi connectivity index (χ1n) is 6.55. The number of nitrogens with one attached hydrogen (secondary N) is 3. The number of hydrogen-bond acceptors (Lipinski definition) is 5. The second kappa shape index (κ2) is 6.29. The molecule has 1 aromatic carbocycles. The third kappa shape index (κ3) is 3.14. The maximum absolute atomic E-state index is 12.1. The van der Waals surface area contributed by atoms with Gasteiger partial charge in [0, 0.05) is 14.1 Å². The van der Waals surface area contributed by atoms with Crippen molar-refractivity contribution in [3.8, 4) is 5.75 Å². The lowest BCUT2D eigenvalue weighted by Gasteiger charge is -2.16. The number of nitrogens with zero attached hydrogens (tertiary/aromatic N) is 1. The maximum Gasteiger partial charge on any atom is 0.287 e. The Kier molecular flexibility index (Phi) is 4.60. The Balaban J connectivity index is 2.60. The Labute approximate surface area is 139 Å². The van der Waals surface area contributed by atoms with E-state index < -0.39 is 11.1 Å². The molecule has 0 saturated carbocycles. The first-order chi connectivity index (χ1) is 10.7. The van der Waals surface area contributed by atoms with Gasteiger partial charge in [-0.2, -0.15) is 0 Å². The van der Waals surface area contributed by atoms with Crippen LogP contribution in [0, 0.1) is 6.92 Å². The molecule has 9 heteroatoms. The van der Waals surface area contributed by atoms with Gasteiger partial charge in [-0.15, -0.1) is 0 Å². The van der Waals surface area contributed by atoms with Crippen LogP contribution in [0.3, 0.4) is 0 Å². The number of aryl methyl sites for hydroxylation is 1. The number of carbonyl (C=O) groups excluding carboxylic acids is 1. The summed E-state index contributed by atoms with van der Waals surface area (Å²) in [5, 5.41) is 17.4. The lowest BCUT2D eigenvalue weighted by Crippen LogP contribution is -2.24. The first-order valence-corrected chi connectivity index (χ1v) is 7.35. The molecule has 0 aliphatic carbocycles. The lowest BCUT2D eigenvalue weighted by molar-refractivity contribution is 0.0824. The largest absolute Gasteiger partial charge is 0.505 e. The molecule has 2 aromatic rings. The fourth-order valence-corrected chi connectivity index (χ4v) is 2.32. The molecule has 2 rings (SSSR count). The smallest absolute Gasteiger partial charge is 0.287 e. The molecular formula is C14H15BrN4O4. The van der Waals surface area contributed by atoms with Crippen molar-refractivity contribution in [1.29, 1.82) is 0 Å². The van der Waals surface area contributed by atoms with Crippen LogP contribution < -0.4 is 16.4 Å². The van der Waals surface area contributed by atoms with Crippen molar-refractivity contribution >= 4 is 33.2 Å². The van der Waals surface area contributed by atoms with Gasteiger partial charge in [-0.3, -0.25) is 24.6 Å². The van der Waals surface area contributed by atoms with E-state index in [0.29, 0.717) is 5.56 Å². The predicted molar refractivity (Wildman–Crippen MR) is 89.5 cm³/mol. The van der Waals surface area contributed by atoms with E-state index in [1.807, 2.05) is 0 Å². The van der Waals surface area contributed by atoms with Crippen molar-refractivity contribution in [2.75, 3.05) is 19.4 Å². The van der Waals surface area contributed by atoms with Crippen LogP contribution in [0.15, 0.2) is 26.2 Å². The van der Waals surface area contributed by atoms with Gasteiger partial charge in [-0.25, -0.2) is 0 Å². The summed E-state index contributed by atoms with van der Waals surface area (Å²) in [5.41, 5.74) is -0.328. The Morgan fingerprint density at radius 2 is 1.78 bits per heavy atom. The third-order valence-corrected chi connectivity index (χ3v) is 3.96. The van der Waals surface area contributed by atoms with E-state index in [9.17, 15) is 19.5 Å². The number of carbonyl (C=O) groups is 1. The summed E-state index contributed by atoms with van der Waals surface area (Å²) in [7, 11) is 3.12. The Hall–Kier alpha value is -2.55. The summed E-state index contributed by atoms with van der Waals surface area (Å²) in [5.74, 6) is -0.681. The topological polar surface area (TPSA) is 118 Å². The maximum atomic E-state index is 12.1. The van der Waals surface area contributed by atoms with Crippen LogP contribution in [0.25, 0.3) is 0 Å². The lowest BCUT2D eigenvalue weighted by atomic mass is 10.1. The second-order valence-electron chi connectivity index (χ2n) is 5.08. The zero-order chi connectivity index (χ0) is 17.3. The minimum absolute atomic E-state index is 0.00982. The van der Waals surface area contributed by atoms with Crippen molar-refractivity contribution in [1.82, 2.24) is 15.1 Å². The van der Waals surface area contributed by atoms with Crippen molar-refractivity contribution in [2.24, 2.45) is 0 Å². The molecule has 4 N–H and O–H groups in total. The number of amides is 1. The number of aromatic nitrogens is 2. The van der Waals surface area contributed by atoms with Crippen LogP contribution >= 0.6 is 15.9 Å². The van der Waals surface area contributed by atoms with E-state index in [1.54, 1.807) is 27.1 Å². The van der Waals surface area contributed by atoms with Crippen LogP contribution in [0.1, 0.15) is 15.9 Å². The molecule has 0 aliphatic rings. The molecule has 122 valence electrons. The highest BCUT2D eigenvalue weighted by molar-refractivity contribution is 9.10. The molecule has 0 saturated heterocycles. The Bertz CT molecular complexity index is 885. The van der Waals surface area contributed by atoms with Crippen LogP contribution in [0.2, 0.25) is 0 Å². The van der Waals surface area contributed by atoms with Gasteiger partial charge < -0.3 is 15.3 Å². The van der Waals surface area contributed by atoms with Gasteiger partial charge in [-0.05, 0) is 34.5 Å². The van der Waals surface area contributed by atoms with Gasteiger partial charge in [0.05, 0.1) is 11.3 Å². The zero-order valence-electron chi connectivity index (χ0n) is 12.7. The molecule has 0 unspecified atom stereocenters. The van der Waals surface area contributed by atoms with E-state index in [2.05, 4.69) is 31.4 Å². The standard InChI is InChI=1S/C14H15BrN4O4/c1-6-4-5-7(14(23)19(2)3)11(20)9(6)16-10-8(15)12(21)17-18-13(10)22/h4-5,20H,1-3H3,(H,18,22)(H2,16,17,21). The number of aromatic amines is 2. The fourth-order valence-electron chi connectivity index (χ4n) is 1.94. The monoisotopic (exact) mass is 382 g/mol. The van der Waals surface area contributed by atoms with Gasteiger partial charge in [0.1, 0.15) is 10.2 Å². The SMILES string of the molecule is Cc1ccc(C(=O)N(C)C)c(O)c1Nc1c(Br)c(=O)[nH][nH]c1=O. The number of rotatable bonds is 3. The molecule has 0 aliphatic heterocycles. The van der Waals surface area contributed by atoms with Gasteiger partial charge in [0.2, 0.25) is 0 Å². The number of anilines is 2. The summed E-state index contributed by atoms with van der Waals surface area (Å²) < 4.78 is -0.00982. The molecule has 1 aromatic heterocycles. The molecule has 1 amide bonds. The van der Waals surface area contributed by atoms with Gasteiger partial charge in [0.25, 0.3) is 17.0 Å². The predicted octanol–water partition coefficient (Wildman–Crippen LogP) is 1.29. The van der Waals surface area contributed by atoms with Crippen LogP contribution in [0.5, 0.6) is 5.75 Å². The molecule has 0 radical (unpaired) electrons. The number of hydrogen-bond donors (Lipinski definition) is 4. The summed E-state index contributed by atoms with van der Waals surface area (Å²) >= 11 is 3.03.